The van der Waals surface area contributed by atoms with Gasteiger partial charge in [0.25, 0.3) is 5.91 Å². The lowest BCUT2D eigenvalue weighted by atomic mass is 10.1. The number of carbonyl (C=O) groups excluding carboxylic acids is 3. The average molecular weight is 417 g/mol. The van der Waals surface area contributed by atoms with Crippen LogP contribution in [0.1, 0.15) is 53.6 Å². The van der Waals surface area contributed by atoms with Gasteiger partial charge < -0.3 is 15.4 Å². The van der Waals surface area contributed by atoms with Crippen molar-refractivity contribution in [2.75, 3.05) is 5.32 Å². The number of carbonyl (C=O) groups is 3. The summed E-state index contributed by atoms with van der Waals surface area (Å²) in [4.78, 5) is 37.4. The molecule has 2 amide bonds. The quantitative estimate of drug-likeness (QED) is 0.637. The summed E-state index contributed by atoms with van der Waals surface area (Å²) in [6, 6.07) is 10.0. The van der Waals surface area contributed by atoms with Crippen molar-refractivity contribution in [1.29, 1.82) is 0 Å². The first-order chi connectivity index (χ1) is 13.7. The van der Waals surface area contributed by atoms with Crippen LogP contribution in [0.25, 0.3) is 0 Å². The Morgan fingerprint density at radius 1 is 1.10 bits per heavy atom. The highest BCUT2D eigenvalue weighted by atomic mass is 32.1. The van der Waals surface area contributed by atoms with Gasteiger partial charge in [0.15, 0.2) is 6.10 Å². The number of benzene rings is 1. The van der Waals surface area contributed by atoms with Gasteiger partial charge in [-0.05, 0) is 51.7 Å². The summed E-state index contributed by atoms with van der Waals surface area (Å²) in [5.74, 6) is -1.22. The van der Waals surface area contributed by atoms with Crippen molar-refractivity contribution in [1.82, 2.24) is 5.32 Å². The van der Waals surface area contributed by atoms with E-state index in [1.807, 2.05) is 32.0 Å². The Labute approximate surface area is 175 Å². The molecule has 1 aromatic carbocycles. The predicted octanol–water partition coefficient (Wildman–Crippen LogP) is 4.01. The molecule has 0 bridgehead atoms. The van der Waals surface area contributed by atoms with Crippen LogP contribution in [0.5, 0.6) is 0 Å². The third-order valence-corrected chi connectivity index (χ3v) is 5.75. The first-order valence-electron chi connectivity index (χ1n) is 9.61. The summed E-state index contributed by atoms with van der Waals surface area (Å²) < 4.78 is 5.38. The minimum Gasteiger partial charge on any atom is -0.449 e. The van der Waals surface area contributed by atoms with Crippen molar-refractivity contribution >= 4 is 34.1 Å². The molecule has 0 radical (unpaired) electrons. The summed E-state index contributed by atoms with van der Waals surface area (Å²) in [6.45, 7) is 8.52. The Bertz CT molecular complexity index is 876. The Morgan fingerprint density at radius 3 is 2.38 bits per heavy atom. The maximum atomic E-state index is 12.6. The van der Waals surface area contributed by atoms with Crippen LogP contribution >= 0.6 is 11.3 Å². The van der Waals surface area contributed by atoms with E-state index >= 15 is 0 Å². The normalized spacial score (nSPS) is 12.7. The molecule has 0 saturated carbocycles. The Kier molecular flexibility index (Phi) is 7.96. The van der Waals surface area contributed by atoms with Gasteiger partial charge in [0.05, 0.1) is 5.56 Å². The van der Waals surface area contributed by atoms with Crippen LogP contribution in [0.4, 0.5) is 5.00 Å². The molecule has 2 rings (SSSR count). The summed E-state index contributed by atoms with van der Waals surface area (Å²) in [5, 5.41) is 6.00. The highest BCUT2D eigenvalue weighted by Gasteiger charge is 2.26. The zero-order chi connectivity index (χ0) is 21.6. The van der Waals surface area contributed by atoms with Crippen LogP contribution in [0.3, 0.4) is 0 Å². The molecule has 2 aromatic rings. The Morgan fingerprint density at radius 2 is 1.76 bits per heavy atom. The largest absolute Gasteiger partial charge is 0.449 e. The van der Waals surface area contributed by atoms with E-state index in [2.05, 4.69) is 22.8 Å². The lowest BCUT2D eigenvalue weighted by Gasteiger charge is -2.18. The molecule has 0 spiro atoms. The van der Waals surface area contributed by atoms with Crippen LogP contribution < -0.4 is 10.6 Å². The second-order valence-corrected chi connectivity index (χ2v) is 8.37. The van der Waals surface area contributed by atoms with Gasteiger partial charge in [-0.3, -0.25) is 9.59 Å². The van der Waals surface area contributed by atoms with Crippen LogP contribution in [-0.2, 0) is 20.7 Å². The zero-order valence-electron chi connectivity index (χ0n) is 17.5. The highest BCUT2D eigenvalue weighted by molar-refractivity contribution is 7.16. The summed E-state index contributed by atoms with van der Waals surface area (Å²) >= 11 is 1.31. The number of esters is 1. The summed E-state index contributed by atoms with van der Waals surface area (Å²) in [7, 11) is 0. The van der Waals surface area contributed by atoms with E-state index in [-0.39, 0.29) is 17.9 Å². The van der Waals surface area contributed by atoms with Crippen molar-refractivity contribution < 1.29 is 19.1 Å². The van der Waals surface area contributed by atoms with Gasteiger partial charge in [0, 0.05) is 17.8 Å². The maximum Gasteiger partial charge on any atom is 0.342 e. The predicted molar refractivity (Wildman–Crippen MR) is 115 cm³/mol. The van der Waals surface area contributed by atoms with E-state index in [9.17, 15) is 14.4 Å². The molecule has 7 heteroatoms. The lowest BCUT2D eigenvalue weighted by molar-refractivity contribution is -0.129. The minimum atomic E-state index is -0.938. The second kappa shape index (κ2) is 10.2. The molecule has 6 nitrogen and oxygen atoms in total. The van der Waals surface area contributed by atoms with Crippen LogP contribution in [0.15, 0.2) is 30.3 Å². The molecular weight excluding hydrogens is 388 g/mol. The minimum absolute atomic E-state index is 0.0519. The number of hydrogen-bond acceptors (Lipinski definition) is 5. The summed E-state index contributed by atoms with van der Waals surface area (Å²) in [5.41, 5.74) is 2.26. The molecule has 0 aliphatic carbocycles. The third kappa shape index (κ3) is 6.42. The molecule has 2 N–H and O–H groups in total. The van der Waals surface area contributed by atoms with E-state index in [1.165, 1.54) is 23.8 Å². The molecule has 29 heavy (non-hydrogen) atoms. The molecule has 0 fully saturated rings. The van der Waals surface area contributed by atoms with Crippen molar-refractivity contribution in [3.63, 3.8) is 0 Å². The van der Waals surface area contributed by atoms with E-state index in [4.69, 9.17) is 4.74 Å². The fourth-order valence-corrected chi connectivity index (χ4v) is 3.95. The molecule has 156 valence electrons. The first-order valence-corrected chi connectivity index (χ1v) is 10.4. The van der Waals surface area contributed by atoms with E-state index in [1.54, 1.807) is 13.8 Å². The molecule has 0 aliphatic rings. The van der Waals surface area contributed by atoms with Gasteiger partial charge in [0.2, 0.25) is 5.91 Å². The molecule has 0 aliphatic heterocycles. The second-order valence-electron chi connectivity index (χ2n) is 7.15. The number of hydrogen-bond donors (Lipinski definition) is 2. The number of anilines is 1. The number of amides is 2. The van der Waals surface area contributed by atoms with Crippen molar-refractivity contribution in [3.8, 4) is 0 Å². The first kappa shape index (κ1) is 22.6. The third-order valence-electron chi connectivity index (χ3n) is 4.63. The standard InChI is InChI=1S/C22H28N2O4S/c1-13(11-12-18-9-7-6-8-10-18)23-20(26)15(3)28-22(27)19-14(2)16(4)29-21(19)24-17(5)25/h6-10,13,15H,11-12H2,1-5H3,(H,23,26)(H,24,25)/t13-,15+/m1/s1. The Balaban J connectivity index is 1.93. The van der Waals surface area contributed by atoms with Crippen LogP contribution in [0.2, 0.25) is 0 Å². The van der Waals surface area contributed by atoms with Gasteiger partial charge in [-0.15, -0.1) is 11.3 Å². The lowest BCUT2D eigenvalue weighted by Crippen LogP contribution is -2.41. The van der Waals surface area contributed by atoms with Gasteiger partial charge in [-0.25, -0.2) is 4.79 Å². The van der Waals surface area contributed by atoms with Crippen molar-refractivity contribution in [3.05, 3.63) is 51.9 Å². The van der Waals surface area contributed by atoms with Crippen LogP contribution in [-0.4, -0.2) is 29.9 Å². The monoisotopic (exact) mass is 416 g/mol. The topological polar surface area (TPSA) is 84.5 Å². The van der Waals surface area contributed by atoms with E-state index in [0.717, 1.165) is 23.3 Å². The number of aryl methyl sites for hydroxylation is 2. The molecule has 1 aromatic heterocycles. The summed E-state index contributed by atoms with van der Waals surface area (Å²) in [6.07, 6.45) is 0.696. The van der Waals surface area contributed by atoms with E-state index < -0.39 is 12.1 Å². The number of rotatable bonds is 8. The Hall–Kier alpha value is -2.67. The number of nitrogens with one attached hydrogen (secondary N) is 2. The molecule has 1 heterocycles. The van der Waals surface area contributed by atoms with Crippen LogP contribution in [0, 0.1) is 13.8 Å². The molecule has 2 atom stereocenters. The molecule has 0 unspecified atom stereocenters. The average Bonchev–Trinajstić information content (AvgIpc) is 2.93. The number of thiophene rings is 1. The molecular formula is C22H28N2O4S. The SMILES string of the molecule is CC(=O)Nc1sc(C)c(C)c1C(=O)O[C@@H](C)C(=O)N[C@H](C)CCc1ccccc1. The van der Waals surface area contributed by atoms with Gasteiger partial charge >= 0.3 is 5.97 Å². The fraction of sp³-hybridized carbons (Fsp3) is 0.409. The fourth-order valence-electron chi connectivity index (χ4n) is 2.85. The highest BCUT2D eigenvalue weighted by Crippen LogP contribution is 2.33. The maximum absolute atomic E-state index is 12.6. The van der Waals surface area contributed by atoms with Crippen molar-refractivity contribution in [2.24, 2.45) is 0 Å². The molecule has 0 saturated heterocycles. The van der Waals surface area contributed by atoms with Crippen molar-refractivity contribution in [2.45, 2.75) is 59.6 Å². The van der Waals surface area contributed by atoms with Gasteiger partial charge in [-0.1, -0.05) is 30.3 Å². The zero-order valence-corrected chi connectivity index (χ0v) is 18.3. The van der Waals surface area contributed by atoms with Gasteiger partial charge in [-0.2, -0.15) is 0 Å². The van der Waals surface area contributed by atoms with E-state index in [0.29, 0.717) is 10.6 Å². The van der Waals surface area contributed by atoms with Gasteiger partial charge in [0.1, 0.15) is 5.00 Å². The smallest absolute Gasteiger partial charge is 0.342 e. The number of ether oxygens (including phenoxy) is 1.